The second-order valence-electron chi connectivity index (χ2n) is 3.62. The summed E-state index contributed by atoms with van der Waals surface area (Å²) in [7, 11) is 0. The number of alkyl halides is 1. The molecule has 0 aromatic carbocycles. The van der Waals surface area contributed by atoms with E-state index in [2.05, 4.69) is 0 Å². The first-order valence-corrected chi connectivity index (χ1v) is 5.18. The van der Waals surface area contributed by atoms with Crippen LogP contribution in [-0.4, -0.2) is 35.2 Å². The summed E-state index contributed by atoms with van der Waals surface area (Å²) in [4.78, 5) is 24.0. The topological polar surface area (TPSA) is 63.4 Å². The molecule has 0 spiro atoms. The number of likely N-dealkylation sites (tertiary alicyclic amines) is 1. The molecule has 2 amide bonds. The van der Waals surface area contributed by atoms with Gasteiger partial charge in [0.1, 0.15) is 5.38 Å². The normalized spacial score (nSPS) is 20.6. The van der Waals surface area contributed by atoms with Crippen LogP contribution in [-0.2, 0) is 9.59 Å². The fourth-order valence-electron chi connectivity index (χ4n) is 1.64. The summed E-state index contributed by atoms with van der Waals surface area (Å²) in [5.74, 6) is -0.407. The van der Waals surface area contributed by atoms with Crippen molar-refractivity contribution in [3.05, 3.63) is 0 Å². The highest BCUT2D eigenvalue weighted by atomic mass is 35.5. The molecule has 0 radical (unpaired) electrons. The first kappa shape index (κ1) is 11.3. The van der Waals surface area contributed by atoms with Gasteiger partial charge in [-0.2, -0.15) is 0 Å². The van der Waals surface area contributed by atoms with E-state index in [-0.39, 0.29) is 17.7 Å². The molecule has 0 bridgehead atoms. The fraction of sp³-hybridized carbons (Fsp3) is 0.778. The summed E-state index contributed by atoms with van der Waals surface area (Å²) in [5, 5.41) is -0.486. The Morgan fingerprint density at radius 2 is 1.93 bits per heavy atom. The highest BCUT2D eigenvalue weighted by molar-refractivity contribution is 6.30. The first-order valence-electron chi connectivity index (χ1n) is 4.74. The predicted octanol–water partition coefficient (Wildman–Crippen LogP) is 0.338. The number of halogens is 1. The van der Waals surface area contributed by atoms with Gasteiger partial charge in [-0.1, -0.05) is 0 Å². The van der Waals surface area contributed by atoms with Gasteiger partial charge in [-0.3, -0.25) is 9.59 Å². The molecule has 1 fully saturated rings. The average Bonchev–Trinajstić information content (AvgIpc) is 2.16. The maximum Gasteiger partial charge on any atom is 0.240 e. The van der Waals surface area contributed by atoms with Crippen LogP contribution in [0.5, 0.6) is 0 Å². The second kappa shape index (κ2) is 4.64. The molecule has 1 aliphatic rings. The Morgan fingerprint density at radius 3 is 2.29 bits per heavy atom. The third-order valence-electron chi connectivity index (χ3n) is 2.55. The molecule has 2 N–H and O–H groups in total. The molecular formula is C9H15ClN2O2. The number of piperidine rings is 1. The minimum Gasteiger partial charge on any atom is -0.369 e. The lowest BCUT2D eigenvalue weighted by atomic mass is 9.96. The van der Waals surface area contributed by atoms with Crippen molar-refractivity contribution in [2.24, 2.45) is 11.7 Å². The largest absolute Gasteiger partial charge is 0.369 e. The van der Waals surface area contributed by atoms with E-state index in [1.807, 2.05) is 0 Å². The molecule has 0 aromatic rings. The highest BCUT2D eigenvalue weighted by Crippen LogP contribution is 2.17. The summed E-state index contributed by atoms with van der Waals surface area (Å²) in [6.07, 6.45) is 1.31. The maximum absolute atomic E-state index is 11.5. The number of nitrogens with two attached hydrogens (primary N) is 1. The molecule has 80 valence electrons. The maximum atomic E-state index is 11.5. The van der Waals surface area contributed by atoms with Crippen molar-refractivity contribution in [2.75, 3.05) is 13.1 Å². The van der Waals surface area contributed by atoms with E-state index in [0.717, 1.165) is 0 Å². The molecule has 1 atom stereocenters. The number of hydrogen-bond acceptors (Lipinski definition) is 2. The summed E-state index contributed by atoms with van der Waals surface area (Å²) in [6.45, 7) is 2.83. The van der Waals surface area contributed by atoms with Gasteiger partial charge in [0.25, 0.3) is 0 Å². The molecule has 1 unspecified atom stereocenters. The monoisotopic (exact) mass is 218 g/mol. The van der Waals surface area contributed by atoms with Gasteiger partial charge in [0.15, 0.2) is 0 Å². The van der Waals surface area contributed by atoms with Crippen LogP contribution < -0.4 is 5.73 Å². The van der Waals surface area contributed by atoms with Crippen LogP contribution in [0.15, 0.2) is 0 Å². The number of primary amides is 1. The Kier molecular flexibility index (Phi) is 3.75. The number of amides is 2. The number of nitrogens with zero attached hydrogens (tertiary/aromatic N) is 1. The zero-order chi connectivity index (χ0) is 10.7. The number of carbonyl (C=O) groups is 2. The van der Waals surface area contributed by atoms with Gasteiger partial charge in [-0.05, 0) is 19.8 Å². The van der Waals surface area contributed by atoms with Crippen molar-refractivity contribution in [3.8, 4) is 0 Å². The standard InChI is InChI=1S/C9H15ClN2O2/c1-6(10)9(14)12-4-2-7(3-5-12)8(11)13/h6-7H,2-5H2,1H3,(H2,11,13). The van der Waals surface area contributed by atoms with E-state index < -0.39 is 5.38 Å². The van der Waals surface area contributed by atoms with Crippen LogP contribution in [0.2, 0.25) is 0 Å². The second-order valence-corrected chi connectivity index (χ2v) is 4.27. The van der Waals surface area contributed by atoms with Gasteiger partial charge in [0, 0.05) is 19.0 Å². The van der Waals surface area contributed by atoms with Gasteiger partial charge in [0.2, 0.25) is 11.8 Å². The molecule has 0 aliphatic carbocycles. The minimum absolute atomic E-state index is 0.0606. The summed E-state index contributed by atoms with van der Waals surface area (Å²) in [5.41, 5.74) is 5.18. The average molecular weight is 219 g/mol. The summed E-state index contributed by atoms with van der Waals surface area (Å²) in [6, 6.07) is 0. The number of carbonyl (C=O) groups excluding carboxylic acids is 2. The van der Waals surface area contributed by atoms with Crippen molar-refractivity contribution in [1.82, 2.24) is 4.90 Å². The molecule has 0 aromatic heterocycles. The highest BCUT2D eigenvalue weighted by Gasteiger charge is 2.27. The Labute approximate surface area is 88.4 Å². The predicted molar refractivity (Wildman–Crippen MR) is 53.8 cm³/mol. The van der Waals surface area contributed by atoms with Crippen molar-refractivity contribution < 1.29 is 9.59 Å². The van der Waals surface area contributed by atoms with Crippen molar-refractivity contribution >= 4 is 23.4 Å². The Morgan fingerprint density at radius 1 is 1.43 bits per heavy atom. The lowest BCUT2D eigenvalue weighted by molar-refractivity contribution is -0.134. The van der Waals surface area contributed by atoms with Gasteiger partial charge < -0.3 is 10.6 Å². The van der Waals surface area contributed by atoms with Crippen LogP contribution in [0.25, 0.3) is 0 Å². The van der Waals surface area contributed by atoms with E-state index in [9.17, 15) is 9.59 Å². The third kappa shape index (κ3) is 2.61. The summed E-state index contributed by atoms with van der Waals surface area (Å²) < 4.78 is 0. The van der Waals surface area contributed by atoms with Gasteiger partial charge in [-0.25, -0.2) is 0 Å². The fourth-order valence-corrected chi connectivity index (χ4v) is 1.77. The quantitative estimate of drug-likeness (QED) is 0.680. The van der Waals surface area contributed by atoms with Crippen LogP contribution in [0.4, 0.5) is 0 Å². The molecule has 1 aliphatic heterocycles. The van der Waals surface area contributed by atoms with Crippen LogP contribution >= 0.6 is 11.6 Å². The van der Waals surface area contributed by atoms with Crippen LogP contribution in [0.1, 0.15) is 19.8 Å². The Hall–Kier alpha value is -0.770. The van der Waals surface area contributed by atoms with Gasteiger partial charge in [-0.15, -0.1) is 11.6 Å². The Bertz CT molecular complexity index is 235. The first-order chi connectivity index (χ1) is 6.52. The minimum atomic E-state index is -0.486. The summed E-state index contributed by atoms with van der Waals surface area (Å²) >= 11 is 5.68. The smallest absolute Gasteiger partial charge is 0.240 e. The molecule has 1 rings (SSSR count). The Balaban J connectivity index is 2.43. The third-order valence-corrected chi connectivity index (χ3v) is 2.74. The lowest BCUT2D eigenvalue weighted by Gasteiger charge is -2.31. The van der Waals surface area contributed by atoms with Gasteiger partial charge in [0.05, 0.1) is 0 Å². The number of rotatable bonds is 2. The van der Waals surface area contributed by atoms with Crippen molar-refractivity contribution in [3.63, 3.8) is 0 Å². The zero-order valence-corrected chi connectivity index (χ0v) is 8.96. The lowest BCUT2D eigenvalue weighted by Crippen LogP contribution is -2.44. The SMILES string of the molecule is CC(Cl)C(=O)N1CCC(C(N)=O)CC1. The van der Waals surface area contributed by atoms with E-state index in [1.165, 1.54) is 0 Å². The molecule has 1 heterocycles. The molecule has 5 heteroatoms. The van der Waals surface area contributed by atoms with Crippen LogP contribution in [0.3, 0.4) is 0 Å². The zero-order valence-electron chi connectivity index (χ0n) is 8.20. The van der Waals surface area contributed by atoms with Crippen LogP contribution in [0, 0.1) is 5.92 Å². The van der Waals surface area contributed by atoms with E-state index in [4.69, 9.17) is 17.3 Å². The molecule has 14 heavy (non-hydrogen) atoms. The van der Waals surface area contributed by atoms with E-state index in [0.29, 0.717) is 25.9 Å². The van der Waals surface area contributed by atoms with Crippen molar-refractivity contribution in [2.45, 2.75) is 25.1 Å². The molecule has 0 saturated carbocycles. The molecular weight excluding hydrogens is 204 g/mol. The van der Waals surface area contributed by atoms with E-state index in [1.54, 1.807) is 11.8 Å². The van der Waals surface area contributed by atoms with Crippen molar-refractivity contribution in [1.29, 1.82) is 0 Å². The van der Waals surface area contributed by atoms with Gasteiger partial charge >= 0.3 is 0 Å². The number of hydrogen-bond donors (Lipinski definition) is 1. The molecule has 4 nitrogen and oxygen atoms in total. The molecule has 1 saturated heterocycles. The van der Waals surface area contributed by atoms with E-state index >= 15 is 0 Å².